The van der Waals surface area contributed by atoms with E-state index in [1.807, 2.05) is 19.9 Å². The first-order valence-electron chi connectivity index (χ1n) is 9.22. The van der Waals surface area contributed by atoms with Crippen molar-refractivity contribution in [3.05, 3.63) is 39.9 Å². The van der Waals surface area contributed by atoms with Gasteiger partial charge in [0.1, 0.15) is 11.4 Å². The number of hydrogen-bond donors (Lipinski definition) is 2. The third-order valence-electron chi connectivity index (χ3n) is 4.87. The molecule has 1 aliphatic rings. The standard InChI is InChI=1S/C19H22BrF3N4O2/c1-10-6-16(27-26-10)18(3,8-12-4-5-12)25-17(28)14-7-15(13(20)9-24-14)29-11(2)19(21,22)23/h6-7,9,11-12H,4-5,8H2,1-3H3,(H,25,28)(H,26,27)/t11-,18?/m0/s1. The van der Waals surface area contributed by atoms with Gasteiger partial charge in [0, 0.05) is 18.0 Å². The van der Waals surface area contributed by atoms with Crippen LogP contribution in [0.4, 0.5) is 13.2 Å². The van der Waals surface area contributed by atoms with Crippen LogP contribution >= 0.6 is 15.9 Å². The second-order valence-electron chi connectivity index (χ2n) is 7.67. The van der Waals surface area contributed by atoms with Gasteiger partial charge in [0.2, 0.25) is 0 Å². The number of carbonyl (C=O) groups excluding carboxylic acids is 1. The van der Waals surface area contributed by atoms with Crippen molar-refractivity contribution in [2.24, 2.45) is 5.92 Å². The molecule has 2 aromatic rings. The molecule has 0 bridgehead atoms. The first-order chi connectivity index (χ1) is 13.5. The largest absolute Gasteiger partial charge is 0.480 e. The fourth-order valence-corrected chi connectivity index (χ4v) is 3.34. The number of alkyl halides is 3. The highest BCUT2D eigenvalue weighted by Crippen LogP contribution is 2.40. The average Bonchev–Trinajstić information content (AvgIpc) is 3.31. The average molecular weight is 475 g/mol. The Bertz CT molecular complexity index is 898. The van der Waals surface area contributed by atoms with Crippen molar-refractivity contribution < 1.29 is 22.7 Å². The third kappa shape index (κ3) is 5.29. The molecule has 158 valence electrons. The van der Waals surface area contributed by atoms with Crippen LogP contribution in [0.3, 0.4) is 0 Å². The molecule has 1 aliphatic carbocycles. The van der Waals surface area contributed by atoms with Gasteiger partial charge in [0.05, 0.1) is 15.7 Å². The summed E-state index contributed by atoms with van der Waals surface area (Å²) in [6, 6.07) is 3.08. The first kappa shape index (κ1) is 21.6. The lowest BCUT2D eigenvalue weighted by Crippen LogP contribution is -2.44. The smallest absolute Gasteiger partial charge is 0.425 e. The summed E-state index contributed by atoms with van der Waals surface area (Å²) in [5.41, 5.74) is 0.814. The van der Waals surface area contributed by atoms with Crippen LogP contribution in [0.2, 0.25) is 0 Å². The van der Waals surface area contributed by atoms with Crippen LogP contribution in [0.25, 0.3) is 0 Å². The summed E-state index contributed by atoms with van der Waals surface area (Å²) in [6.07, 6.45) is -2.38. The van der Waals surface area contributed by atoms with E-state index in [0.29, 0.717) is 18.0 Å². The SMILES string of the molecule is Cc1cc(C(C)(CC2CC2)NC(=O)c2cc(O[C@@H](C)C(F)(F)F)c(Br)cn2)n[nH]1. The van der Waals surface area contributed by atoms with Crippen LogP contribution in [0.5, 0.6) is 5.75 Å². The minimum absolute atomic E-state index is 0.0353. The number of rotatable bonds is 7. The second-order valence-corrected chi connectivity index (χ2v) is 8.53. The van der Waals surface area contributed by atoms with Crippen molar-refractivity contribution in [2.45, 2.75) is 57.9 Å². The predicted molar refractivity (Wildman–Crippen MR) is 104 cm³/mol. The molecule has 0 aromatic carbocycles. The molecular weight excluding hydrogens is 453 g/mol. The van der Waals surface area contributed by atoms with Gasteiger partial charge in [-0.2, -0.15) is 18.3 Å². The summed E-state index contributed by atoms with van der Waals surface area (Å²) >= 11 is 3.12. The van der Waals surface area contributed by atoms with E-state index in [1.165, 1.54) is 12.3 Å². The minimum Gasteiger partial charge on any atom is -0.480 e. The molecule has 0 radical (unpaired) electrons. The molecule has 1 amide bonds. The molecule has 1 fully saturated rings. The summed E-state index contributed by atoms with van der Waals surface area (Å²) in [5, 5.41) is 10.1. The molecule has 1 unspecified atom stereocenters. The summed E-state index contributed by atoms with van der Waals surface area (Å²) in [4.78, 5) is 16.9. The van der Waals surface area contributed by atoms with Gasteiger partial charge in [-0.05, 0) is 55.1 Å². The van der Waals surface area contributed by atoms with E-state index >= 15 is 0 Å². The lowest BCUT2D eigenvalue weighted by Gasteiger charge is -2.29. The van der Waals surface area contributed by atoms with Gasteiger partial charge in [-0.1, -0.05) is 12.8 Å². The lowest BCUT2D eigenvalue weighted by atomic mass is 9.90. The van der Waals surface area contributed by atoms with Crippen molar-refractivity contribution in [2.75, 3.05) is 0 Å². The Morgan fingerprint density at radius 1 is 1.41 bits per heavy atom. The maximum atomic E-state index is 12.9. The molecule has 3 rings (SSSR count). The van der Waals surface area contributed by atoms with Crippen LogP contribution in [0.1, 0.15) is 55.0 Å². The Morgan fingerprint density at radius 3 is 2.66 bits per heavy atom. The van der Waals surface area contributed by atoms with Crippen LogP contribution in [0, 0.1) is 12.8 Å². The van der Waals surface area contributed by atoms with Gasteiger partial charge in [-0.15, -0.1) is 0 Å². The number of nitrogens with one attached hydrogen (secondary N) is 2. The summed E-state index contributed by atoms with van der Waals surface area (Å²) < 4.78 is 43.7. The number of aromatic nitrogens is 3. The number of amides is 1. The number of halogens is 4. The number of aryl methyl sites for hydroxylation is 1. The number of hydrogen-bond acceptors (Lipinski definition) is 4. The number of carbonyl (C=O) groups is 1. The lowest BCUT2D eigenvalue weighted by molar-refractivity contribution is -0.189. The molecule has 1 saturated carbocycles. The fourth-order valence-electron chi connectivity index (χ4n) is 3.03. The van der Waals surface area contributed by atoms with E-state index in [1.54, 1.807) is 0 Å². The molecule has 2 aromatic heterocycles. The number of aromatic amines is 1. The molecule has 0 aliphatic heterocycles. The molecule has 6 nitrogen and oxygen atoms in total. The van der Waals surface area contributed by atoms with Crippen molar-refractivity contribution in [1.29, 1.82) is 0 Å². The van der Waals surface area contributed by atoms with Crippen molar-refractivity contribution in [3.63, 3.8) is 0 Å². The van der Waals surface area contributed by atoms with Gasteiger partial charge < -0.3 is 10.1 Å². The van der Waals surface area contributed by atoms with Gasteiger partial charge in [-0.3, -0.25) is 9.89 Å². The van der Waals surface area contributed by atoms with Crippen molar-refractivity contribution in [3.8, 4) is 5.75 Å². The van der Waals surface area contributed by atoms with E-state index in [9.17, 15) is 18.0 Å². The van der Waals surface area contributed by atoms with E-state index < -0.39 is 23.7 Å². The van der Waals surface area contributed by atoms with Crippen LogP contribution in [-0.4, -0.2) is 33.4 Å². The van der Waals surface area contributed by atoms with Crippen molar-refractivity contribution >= 4 is 21.8 Å². The summed E-state index contributed by atoms with van der Waals surface area (Å²) in [5.74, 6) is -0.109. The zero-order valence-electron chi connectivity index (χ0n) is 16.2. The molecule has 0 spiro atoms. The minimum atomic E-state index is -4.52. The summed E-state index contributed by atoms with van der Waals surface area (Å²) in [6.45, 7) is 4.66. The van der Waals surface area contributed by atoms with Gasteiger partial charge in [0.15, 0.2) is 6.10 Å². The highest BCUT2D eigenvalue weighted by Gasteiger charge is 2.39. The Morgan fingerprint density at radius 2 is 2.10 bits per heavy atom. The molecular formula is C19H22BrF3N4O2. The van der Waals surface area contributed by atoms with Crippen molar-refractivity contribution in [1.82, 2.24) is 20.5 Å². The van der Waals surface area contributed by atoms with Crippen LogP contribution in [0.15, 0.2) is 22.8 Å². The molecule has 2 atom stereocenters. The Kier molecular flexibility index (Phi) is 5.93. The maximum absolute atomic E-state index is 12.9. The predicted octanol–water partition coefficient (Wildman–Crippen LogP) is 4.65. The fraction of sp³-hybridized carbons (Fsp3) is 0.526. The van der Waals surface area contributed by atoms with Gasteiger partial charge >= 0.3 is 6.18 Å². The zero-order valence-corrected chi connectivity index (χ0v) is 17.8. The summed E-state index contributed by atoms with van der Waals surface area (Å²) in [7, 11) is 0. The zero-order chi connectivity index (χ0) is 21.4. The third-order valence-corrected chi connectivity index (χ3v) is 5.47. The van der Waals surface area contributed by atoms with E-state index in [2.05, 4.69) is 36.4 Å². The molecule has 2 heterocycles. The first-order valence-corrected chi connectivity index (χ1v) is 10.0. The normalized spacial score (nSPS) is 17.5. The monoisotopic (exact) mass is 474 g/mol. The molecule has 0 saturated heterocycles. The number of ether oxygens (including phenoxy) is 1. The number of H-pyrrole nitrogens is 1. The second kappa shape index (κ2) is 7.97. The Hall–Kier alpha value is -2.10. The number of pyridine rings is 1. The quantitative estimate of drug-likeness (QED) is 0.611. The topological polar surface area (TPSA) is 79.9 Å². The van der Waals surface area contributed by atoms with E-state index in [0.717, 1.165) is 25.5 Å². The van der Waals surface area contributed by atoms with E-state index in [-0.39, 0.29) is 15.9 Å². The van der Waals surface area contributed by atoms with Crippen LogP contribution in [-0.2, 0) is 5.54 Å². The highest BCUT2D eigenvalue weighted by molar-refractivity contribution is 9.10. The molecule has 29 heavy (non-hydrogen) atoms. The number of nitrogens with zero attached hydrogens (tertiary/aromatic N) is 2. The van der Waals surface area contributed by atoms with Gasteiger partial charge in [-0.25, -0.2) is 4.98 Å². The Labute approximate surface area is 174 Å². The highest BCUT2D eigenvalue weighted by atomic mass is 79.9. The Balaban J connectivity index is 1.82. The van der Waals surface area contributed by atoms with Crippen LogP contribution < -0.4 is 10.1 Å². The molecule has 2 N–H and O–H groups in total. The van der Waals surface area contributed by atoms with E-state index in [4.69, 9.17) is 4.74 Å². The molecule has 10 heteroatoms. The van der Waals surface area contributed by atoms with Gasteiger partial charge in [0.25, 0.3) is 5.91 Å². The maximum Gasteiger partial charge on any atom is 0.425 e.